The molecule has 1 fully saturated rings. The second-order valence-corrected chi connectivity index (χ2v) is 7.11. The molecular weight excluding hydrogens is 282 g/mol. The first-order valence-corrected chi connectivity index (χ1v) is 8.51. The Bertz CT molecular complexity index is 430. The number of nitrogens with zero attached hydrogens (tertiary/aromatic N) is 1. The predicted molar refractivity (Wildman–Crippen MR) is 84.4 cm³/mol. The van der Waals surface area contributed by atoms with Gasteiger partial charge in [-0.2, -0.15) is 0 Å². The van der Waals surface area contributed by atoms with Gasteiger partial charge >= 0.3 is 0 Å². The van der Waals surface area contributed by atoms with E-state index in [1.54, 1.807) is 21.6 Å². The Labute approximate surface area is 122 Å². The van der Waals surface area contributed by atoms with Crippen LogP contribution in [0.3, 0.4) is 0 Å². The zero-order valence-electron chi connectivity index (χ0n) is 10.6. The number of aryl methyl sites for hydroxylation is 2. The largest absolute Gasteiger partial charge is 0.378 e. The summed E-state index contributed by atoms with van der Waals surface area (Å²) in [6.07, 6.45) is 0. The zero-order chi connectivity index (χ0) is 13.0. The van der Waals surface area contributed by atoms with Gasteiger partial charge in [-0.1, -0.05) is 24.4 Å². The summed E-state index contributed by atoms with van der Waals surface area (Å²) in [7, 11) is 3.43. The summed E-state index contributed by atoms with van der Waals surface area (Å²) in [5.41, 5.74) is 2.60. The quantitative estimate of drug-likeness (QED) is 0.608. The van der Waals surface area contributed by atoms with E-state index in [1.165, 1.54) is 16.0 Å². The maximum atomic E-state index is 5.46. The lowest BCUT2D eigenvalue weighted by atomic mass is 10.2. The fourth-order valence-electron chi connectivity index (χ4n) is 1.68. The number of hydrogen-bond donors (Lipinski definition) is 0. The summed E-state index contributed by atoms with van der Waals surface area (Å²) in [4.78, 5) is 3.53. The van der Waals surface area contributed by atoms with Gasteiger partial charge in [-0.3, -0.25) is 0 Å². The van der Waals surface area contributed by atoms with E-state index >= 15 is 0 Å². The summed E-state index contributed by atoms with van der Waals surface area (Å²) in [5.74, 6) is 0. The van der Waals surface area contributed by atoms with E-state index in [4.69, 9.17) is 17.0 Å². The Morgan fingerprint density at radius 2 is 2.00 bits per heavy atom. The number of hydrogen-bond acceptors (Lipinski definition) is 4. The topological polar surface area (TPSA) is 12.5 Å². The minimum absolute atomic E-state index is 0.787. The van der Waals surface area contributed by atoms with Gasteiger partial charge in [0.1, 0.15) is 4.32 Å². The molecular formula is C13H17NOS3. The van der Waals surface area contributed by atoms with Crippen LogP contribution >= 0.6 is 33.8 Å². The van der Waals surface area contributed by atoms with Crippen molar-refractivity contribution in [1.29, 1.82) is 0 Å². The first-order valence-electron chi connectivity index (χ1n) is 5.95. The van der Waals surface area contributed by atoms with E-state index in [9.17, 15) is 0 Å². The van der Waals surface area contributed by atoms with Crippen LogP contribution in [0.2, 0.25) is 0 Å². The van der Waals surface area contributed by atoms with Crippen molar-refractivity contribution in [2.75, 3.05) is 26.3 Å². The molecule has 0 amide bonds. The number of ether oxygens (including phenoxy) is 1. The van der Waals surface area contributed by atoms with Gasteiger partial charge in [-0.05, 0) is 52.6 Å². The van der Waals surface area contributed by atoms with Gasteiger partial charge in [0.25, 0.3) is 0 Å². The van der Waals surface area contributed by atoms with Crippen LogP contribution in [0.5, 0.6) is 0 Å². The molecule has 0 saturated carbocycles. The SMILES string of the molecule is Cc1ccc(C)c(SSC(=S)N2CCOCC2)c1. The maximum absolute atomic E-state index is 5.46. The highest BCUT2D eigenvalue weighted by atomic mass is 33.1. The Morgan fingerprint density at radius 3 is 2.72 bits per heavy atom. The molecule has 0 atom stereocenters. The molecule has 18 heavy (non-hydrogen) atoms. The van der Waals surface area contributed by atoms with Crippen LogP contribution < -0.4 is 0 Å². The molecule has 98 valence electrons. The van der Waals surface area contributed by atoms with Crippen molar-refractivity contribution in [3.8, 4) is 0 Å². The summed E-state index contributed by atoms with van der Waals surface area (Å²) < 4.78 is 6.29. The fourth-order valence-corrected chi connectivity index (χ4v) is 4.39. The second-order valence-electron chi connectivity index (χ2n) is 4.30. The van der Waals surface area contributed by atoms with E-state index < -0.39 is 0 Å². The van der Waals surface area contributed by atoms with E-state index in [-0.39, 0.29) is 0 Å². The molecule has 0 N–H and O–H groups in total. The van der Waals surface area contributed by atoms with Crippen LogP contribution in [0, 0.1) is 13.8 Å². The highest BCUT2D eigenvalue weighted by molar-refractivity contribution is 8.83. The van der Waals surface area contributed by atoms with Crippen LogP contribution in [-0.4, -0.2) is 35.5 Å². The molecule has 0 radical (unpaired) electrons. The van der Waals surface area contributed by atoms with Gasteiger partial charge in [-0.15, -0.1) is 0 Å². The standard InChI is InChI=1S/C13H17NOS3/c1-10-3-4-11(2)12(9-10)17-18-13(16)14-5-7-15-8-6-14/h3-4,9H,5-8H2,1-2H3. The summed E-state index contributed by atoms with van der Waals surface area (Å²) in [6, 6.07) is 6.52. The molecule has 2 nitrogen and oxygen atoms in total. The lowest BCUT2D eigenvalue weighted by Gasteiger charge is -2.28. The van der Waals surface area contributed by atoms with E-state index in [0.717, 1.165) is 30.6 Å². The highest BCUT2D eigenvalue weighted by Crippen LogP contribution is 2.35. The molecule has 5 heteroatoms. The third-order valence-electron chi connectivity index (χ3n) is 2.82. The molecule has 0 aliphatic carbocycles. The maximum Gasteiger partial charge on any atom is 0.147 e. The smallest absolute Gasteiger partial charge is 0.147 e. The molecule has 0 unspecified atom stereocenters. The number of thiocarbonyl (C=S) groups is 1. The van der Waals surface area contributed by atoms with Gasteiger partial charge in [0, 0.05) is 18.0 Å². The van der Waals surface area contributed by atoms with Crippen molar-refractivity contribution in [1.82, 2.24) is 4.90 Å². The molecule has 0 bridgehead atoms. The van der Waals surface area contributed by atoms with E-state index in [1.807, 2.05) is 0 Å². The van der Waals surface area contributed by atoms with Crippen LogP contribution in [0.1, 0.15) is 11.1 Å². The van der Waals surface area contributed by atoms with Crippen molar-refractivity contribution < 1.29 is 4.74 Å². The Kier molecular flexibility index (Phi) is 5.36. The van der Waals surface area contributed by atoms with Gasteiger partial charge in [-0.25, -0.2) is 0 Å². The molecule has 1 aromatic carbocycles. The van der Waals surface area contributed by atoms with Crippen molar-refractivity contribution >= 4 is 38.1 Å². The zero-order valence-corrected chi connectivity index (χ0v) is 13.1. The minimum Gasteiger partial charge on any atom is -0.378 e. The average Bonchev–Trinajstić information content (AvgIpc) is 2.40. The van der Waals surface area contributed by atoms with Crippen molar-refractivity contribution in [2.24, 2.45) is 0 Å². The number of rotatable bonds is 2. The third kappa shape index (κ3) is 3.88. The van der Waals surface area contributed by atoms with Crippen LogP contribution in [-0.2, 0) is 4.74 Å². The number of morpholine rings is 1. The van der Waals surface area contributed by atoms with Crippen molar-refractivity contribution in [2.45, 2.75) is 18.7 Å². The van der Waals surface area contributed by atoms with Crippen molar-refractivity contribution in [3.63, 3.8) is 0 Å². The second kappa shape index (κ2) is 6.80. The Morgan fingerprint density at radius 1 is 1.28 bits per heavy atom. The lowest BCUT2D eigenvalue weighted by Crippen LogP contribution is -2.38. The van der Waals surface area contributed by atoms with Crippen LogP contribution in [0.4, 0.5) is 0 Å². The van der Waals surface area contributed by atoms with Gasteiger partial charge in [0.15, 0.2) is 0 Å². The molecule has 2 rings (SSSR count). The van der Waals surface area contributed by atoms with E-state index in [2.05, 4.69) is 36.9 Å². The number of benzene rings is 1. The Hall–Kier alpha value is -0.230. The molecule has 0 spiro atoms. The Balaban J connectivity index is 1.90. The van der Waals surface area contributed by atoms with Gasteiger partial charge in [0.2, 0.25) is 0 Å². The third-order valence-corrected chi connectivity index (χ3v) is 6.01. The molecule has 1 aliphatic heterocycles. The highest BCUT2D eigenvalue weighted by Gasteiger charge is 2.14. The molecule has 1 heterocycles. The lowest BCUT2D eigenvalue weighted by molar-refractivity contribution is 0.0703. The summed E-state index contributed by atoms with van der Waals surface area (Å²) >= 11 is 5.46. The molecule has 1 aromatic rings. The fraction of sp³-hybridized carbons (Fsp3) is 0.462. The summed E-state index contributed by atoms with van der Waals surface area (Å²) in [6.45, 7) is 7.66. The van der Waals surface area contributed by atoms with Crippen LogP contribution in [0.25, 0.3) is 0 Å². The van der Waals surface area contributed by atoms with Crippen LogP contribution in [0.15, 0.2) is 23.1 Å². The molecule has 1 aliphatic rings. The first-order chi connectivity index (χ1) is 8.66. The van der Waals surface area contributed by atoms with Gasteiger partial charge < -0.3 is 9.64 Å². The van der Waals surface area contributed by atoms with Crippen molar-refractivity contribution in [3.05, 3.63) is 29.3 Å². The van der Waals surface area contributed by atoms with E-state index in [0.29, 0.717) is 0 Å². The normalized spacial score (nSPS) is 15.8. The monoisotopic (exact) mass is 299 g/mol. The summed E-state index contributed by atoms with van der Waals surface area (Å²) in [5, 5.41) is 0. The van der Waals surface area contributed by atoms with Gasteiger partial charge in [0.05, 0.1) is 13.2 Å². The molecule has 1 saturated heterocycles. The molecule has 0 aromatic heterocycles. The first kappa shape index (κ1) is 14.2. The predicted octanol–water partition coefficient (Wildman–Crippen LogP) is 3.66. The average molecular weight is 299 g/mol. The minimum atomic E-state index is 0.787.